The van der Waals surface area contributed by atoms with Gasteiger partial charge in [-0.1, -0.05) is 56.1 Å². The zero-order valence-electron chi connectivity index (χ0n) is 14.9. The van der Waals surface area contributed by atoms with Crippen molar-refractivity contribution in [2.45, 2.75) is 9.79 Å². The van der Waals surface area contributed by atoms with Gasteiger partial charge in [0.1, 0.15) is 9.79 Å². The van der Waals surface area contributed by atoms with Crippen molar-refractivity contribution >= 4 is 73.6 Å². The summed E-state index contributed by atoms with van der Waals surface area (Å²) in [5.41, 5.74) is -0.0221. The average molecular weight is 572 g/mol. The molecule has 0 radical (unpaired) electrons. The monoisotopic (exact) mass is 570 g/mol. The molecule has 4 rings (SSSR count). The van der Waals surface area contributed by atoms with Crippen LogP contribution in [0.5, 0.6) is 0 Å². The Kier molecular flexibility index (Phi) is 5.28. The number of benzene rings is 4. The van der Waals surface area contributed by atoms with Gasteiger partial charge in [0.15, 0.2) is 0 Å². The number of fused-ring (bicyclic) bond motifs is 2. The fourth-order valence-corrected chi connectivity index (χ4v) is 5.68. The summed E-state index contributed by atoms with van der Waals surface area (Å²) in [4.78, 5) is -0.921. The van der Waals surface area contributed by atoms with E-state index in [1.54, 1.807) is 36.4 Å². The van der Waals surface area contributed by atoms with Gasteiger partial charge in [0, 0.05) is 20.1 Å². The zero-order chi connectivity index (χ0) is 21.8. The van der Waals surface area contributed by atoms with E-state index in [-0.39, 0.29) is 11.1 Å². The normalized spacial score (nSPS) is 12.5. The topological polar surface area (TPSA) is 109 Å². The predicted octanol–water partition coefficient (Wildman–Crippen LogP) is 5.68. The standard InChI is InChI=1S/C20H12Br2O6S2/c21-13-3-5-15-11(9-13)1-7-17(29(23,24)25)19(15)20-16-6-4-14(22)10-12(16)2-8-18(20)30(26,27)28/h1-10H,(H,23,24,25)(H,26,27,28). The van der Waals surface area contributed by atoms with Crippen molar-refractivity contribution in [3.05, 3.63) is 69.6 Å². The van der Waals surface area contributed by atoms with Crippen LogP contribution < -0.4 is 0 Å². The second-order valence-corrected chi connectivity index (χ2v) is 11.2. The van der Waals surface area contributed by atoms with Crippen LogP contribution >= 0.6 is 31.9 Å². The summed E-state index contributed by atoms with van der Waals surface area (Å²) in [6.07, 6.45) is 0. The molecule has 0 spiro atoms. The zero-order valence-corrected chi connectivity index (χ0v) is 19.7. The van der Waals surface area contributed by atoms with Crippen molar-refractivity contribution in [2.75, 3.05) is 0 Å². The Morgan fingerprint density at radius 2 is 0.933 bits per heavy atom. The van der Waals surface area contributed by atoms with Gasteiger partial charge >= 0.3 is 0 Å². The molecule has 0 unspecified atom stereocenters. The number of hydrogen-bond acceptors (Lipinski definition) is 4. The van der Waals surface area contributed by atoms with Gasteiger partial charge < -0.3 is 0 Å². The van der Waals surface area contributed by atoms with Gasteiger partial charge in [0.05, 0.1) is 0 Å². The second kappa shape index (κ2) is 7.40. The van der Waals surface area contributed by atoms with E-state index in [1.807, 2.05) is 0 Å². The van der Waals surface area contributed by atoms with Crippen LogP contribution in [-0.2, 0) is 20.2 Å². The minimum atomic E-state index is -4.72. The fourth-order valence-electron chi connectivity index (χ4n) is 3.51. The molecule has 6 nitrogen and oxygen atoms in total. The van der Waals surface area contributed by atoms with E-state index >= 15 is 0 Å². The first-order chi connectivity index (χ1) is 14.0. The first-order valence-corrected chi connectivity index (χ1v) is 12.8. The third-order valence-electron chi connectivity index (χ3n) is 4.69. The molecule has 0 bridgehead atoms. The van der Waals surface area contributed by atoms with E-state index in [4.69, 9.17) is 0 Å². The van der Waals surface area contributed by atoms with Crippen LogP contribution in [0, 0.1) is 0 Å². The first-order valence-electron chi connectivity index (χ1n) is 8.37. The van der Waals surface area contributed by atoms with Gasteiger partial charge in [-0.3, -0.25) is 9.11 Å². The Morgan fingerprint density at radius 3 is 1.27 bits per heavy atom. The summed E-state index contributed by atoms with van der Waals surface area (Å²) in [6, 6.07) is 15.5. The summed E-state index contributed by atoms with van der Waals surface area (Å²) in [5, 5.41) is 2.02. The maximum absolute atomic E-state index is 12.2. The van der Waals surface area contributed by atoms with E-state index in [1.165, 1.54) is 24.3 Å². The summed E-state index contributed by atoms with van der Waals surface area (Å²) >= 11 is 6.71. The molecule has 0 aromatic heterocycles. The van der Waals surface area contributed by atoms with E-state index in [2.05, 4.69) is 31.9 Å². The number of halogens is 2. The Balaban J connectivity index is 2.33. The lowest BCUT2D eigenvalue weighted by Crippen LogP contribution is -2.06. The molecular weight excluding hydrogens is 560 g/mol. The molecule has 0 saturated heterocycles. The van der Waals surface area contributed by atoms with E-state index in [0.717, 1.165) is 8.95 Å². The molecule has 4 aromatic rings. The van der Waals surface area contributed by atoms with Crippen molar-refractivity contribution < 1.29 is 25.9 Å². The Hall–Kier alpha value is -1.82. The molecule has 30 heavy (non-hydrogen) atoms. The smallest absolute Gasteiger partial charge is 0.282 e. The second-order valence-electron chi connectivity index (χ2n) is 6.56. The van der Waals surface area contributed by atoms with Crippen LogP contribution in [0.3, 0.4) is 0 Å². The molecule has 0 amide bonds. The SMILES string of the molecule is O=S(=O)(O)c1ccc2cc(Br)ccc2c1-c1c(S(=O)(=O)O)ccc2cc(Br)ccc12. The van der Waals surface area contributed by atoms with Crippen LogP contribution in [-0.4, -0.2) is 25.9 Å². The summed E-state index contributed by atoms with van der Waals surface area (Å²) < 4.78 is 70.1. The van der Waals surface area contributed by atoms with Crippen molar-refractivity contribution in [1.29, 1.82) is 0 Å². The van der Waals surface area contributed by atoms with Gasteiger partial charge in [0.25, 0.3) is 20.2 Å². The van der Waals surface area contributed by atoms with Gasteiger partial charge in [-0.25, -0.2) is 0 Å². The molecule has 4 aromatic carbocycles. The highest BCUT2D eigenvalue weighted by Gasteiger charge is 2.27. The van der Waals surface area contributed by atoms with Crippen LogP contribution in [0.1, 0.15) is 0 Å². The fraction of sp³-hybridized carbons (Fsp3) is 0. The van der Waals surface area contributed by atoms with E-state index in [9.17, 15) is 25.9 Å². The predicted molar refractivity (Wildman–Crippen MR) is 122 cm³/mol. The van der Waals surface area contributed by atoms with Gasteiger partial charge in [-0.05, 0) is 57.9 Å². The minimum Gasteiger partial charge on any atom is -0.282 e. The van der Waals surface area contributed by atoms with Gasteiger partial charge in [-0.15, -0.1) is 0 Å². The first kappa shape index (κ1) is 21.4. The molecule has 0 aliphatic carbocycles. The van der Waals surface area contributed by atoms with Crippen molar-refractivity contribution in [3.63, 3.8) is 0 Å². The summed E-state index contributed by atoms with van der Waals surface area (Å²) in [6.45, 7) is 0. The Bertz CT molecular complexity index is 1440. The van der Waals surface area contributed by atoms with Crippen molar-refractivity contribution in [2.24, 2.45) is 0 Å². The van der Waals surface area contributed by atoms with E-state index < -0.39 is 30.0 Å². The third kappa shape index (κ3) is 3.79. The van der Waals surface area contributed by atoms with Gasteiger partial charge in [0.2, 0.25) is 0 Å². The molecule has 0 saturated carbocycles. The van der Waals surface area contributed by atoms with Crippen molar-refractivity contribution in [3.8, 4) is 11.1 Å². The van der Waals surface area contributed by atoms with Crippen LogP contribution in [0.15, 0.2) is 79.4 Å². The molecule has 10 heteroatoms. The molecule has 0 atom stereocenters. The molecule has 2 N–H and O–H groups in total. The molecular formula is C20H12Br2O6S2. The number of rotatable bonds is 3. The lowest BCUT2D eigenvalue weighted by atomic mass is 9.94. The van der Waals surface area contributed by atoms with Crippen LogP contribution in [0.4, 0.5) is 0 Å². The molecule has 154 valence electrons. The van der Waals surface area contributed by atoms with E-state index in [0.29, 0.717) is 21.5 Å². The highest BCUT2D eigenvalue weighted by molar-refractivity contribution is 9.10. The van der Waals surface area contributed by atoms with Gasteiger partial charge in [-0.2, -0.15) is 16.8 Å². The minimum absolute atomic E-state index is 0.0111. The lowest BCUT2D eigenvalue weighted by Gasteiger charge is -2.17. The Labute approximate surface area is 189 Å². The third-order valence-corrected chi connectivity index (χ3v) is 7.47. The molecule has 0 aliphatic heterocycles. The summed E-state index contributed by atoms with van der Waals surface area (Å²) in [5.74, 6) is 0. The maximum atomic E-state index is 12.2. The largest absolute Gasteiger partial charge is 0.295 e. The lowest BCUT2D eigenvalue weighted by molar-refractivity contribution is 0.480. The maximum Gasteiger partial charge on any atom is 0.295 e. The Morgan fingerprint density at radius 1 is 0.567 bits per heavy atom. The highest BCUT2D eigenvalue weighted by atomic mass is 79.9. The molecule has 0 fully saturated rings. The molecule has 0 heterocycles. The van der Waals surface area contributed by atoms with Crippen LogP contribution in [0.2, 0.25) is 0 Å². The average Bonchev–Trinajstić information content (AvgIpc) is 2.64. The highest BCUT2D eigenvalue weighted by Crippen LogP contribution is 2.43. The molecule has 0 aliphatic rings. The van der Waals surface area contributed by atoms with Crippen molar-refractivity contribution in [1.82, 2.24) is 0 Å². The summed E-state index contributed by atoms with van der Waals surface area (Å²) in [7, 11) is -9.44. The quantitative estimate of drug-likeness (QED) is 0.306. The van der Waals surface area contributed by atoms with Crippen LogP contribution in [0.25, 0.3) is 32.7 Å². The number of hydrogen-bond donors (Lipinski definition) is 2.